The number of rotatable bonds is 4. The molecule has 0 radical (unpaired) electrons. The summed E-state index contributed by atoms with van der Waals surface area (Å²) in [4.78, 5) is 24.7. The Morgan fingerprint density at radius 3 is 2.18 bits per heavy atom. The van der Waals surface area contributed by atoms with Gasteiger partial charge in [0.05, 0.1) is 0 Å². The molecule has 6 heteroatoms. The Balaban J connectivity index is 4.45. The van der Waals surface area contributed by atoms with Crippen LogP contribution in [-0.4, -0.2) is 56.2 Å². The molecule has 0 aliphatic rings. The second-order valence-corrected chi connectivity index (χ2v) is 4.99. The summed E-state index contributed by atoms with van der Waals surface area (Å²) in [7, 11) is 5.00. The molecular formula is C11H23N3O3. The highest BCUT2D eigenvalue weighted by Crippen LogP contribution is 2.06. The van der Waals surface area contributed by atoms with E-state index in [0.717, 1.165) is 0 Å². The van der Waals surface area contributed by atoms with E-state index in [9.17, 15) is 9.59 Å². The van der Waals surface area contributed by atoms with Crippen LogP contribution in [0, 0.1) is 0 Å². The standard InChI is InChI=1S/C11H23N3O3/c1-11(2,3)17-10(16)13-8(7-12-4)9(15)14(5)6/h8,12H,7H2,1-6H3,(H,13,16). The van der Waals surface area contributed by atoms with Gasteiger partial charge in [0.15, 0.2) is 0 Å². The van der Waals surface area contributed by atoms with Crippen molar-refractivity contribution in [3.63, 3.8) is 0 Å². The van der Waals surface area contributed by atoms with Gasteiger partial charge in [-0.05, 0) is 27.8 Å². The van der Waals surface area contributed by atoms with Crippen LogP contribution in [0.5, 0.6) is 0 Å². The Morgan fingerprint density at radius 2 is 1.82 bits per heavy atom. The fourth-order valence-electron chi connectivity index (χ4n) is 1.17. The van der Waals surface area contributed by atoms with Crippen molar-refractivity contribution in [2.24, 2.45) is 0 Å². The van der Waals surface area contributed by atoms with Crippen LogP contribution < -0.4 is 10.6 Å². The Labute approximate surface area is 103 Å². The van der Waals surface area contributed by atoms with Gasteiger partial charge in [-0.15, -0.1) is 0 Å². The predicted molar refractivity (Wildman–Crippen MR) is 65.8 cm³/mol. The summed E-state index contributed by atoms with van der Waals surface area (Å²) in [5.41, 5.74) is -0.574. The van der Waals surface area contributed by atoms with E-state index in [1.165, 1.54) is 4.90 Å². The summed E-state index contributed by atoms with van der Waals surface area (Å²) in [6.07, 6.45) is -0.590. The molecule has 2 N–H and O–H groups in total. The van der Waals surface area contributed by atoms with Gasteiger partial charge >= 0.3 is 6.09 Å². The first kappa shape index (κ1) is 15.7. The maximum absolute atomic E-state index is 11.7. The molecule has 1 unspecified atom stereocenters. The Bertz CT molecular complexity index is 272. The van der Waals surface area contributed by atoms with Crippen LogP contribution in [0.25, 0.3) is 0 Å². The number of likely N-dealkylation sites (N-methyl/N-ethyl adjacent to an activating group) is 2. The third-order valence-electron chi connectivity index (χ3n) is 1.84. The lowest BCUT2D eigenvalue weighted by molar-refractivity contribution is -0.130. The quantitative estimate of drug-likeness (QED) is 0.741. The van der Waals surface area contributed by atoms with Crippen LogP contribution in [-0.2, 0) is 9.53 Å². The number of amides is 2. The molecule has 0 saturated heterocycles. The van der Waals surface area contributed by atoms with E-state index >= 15 is 0 Å². The molecule has 0 aliphatic carbocycles. The summed E-state index contributed by atoms with van der Waals surface area (Å²) in [6, 6.07) is -0.621. The Morgan fingerprint density at radius 1 is 1.29 bits per heavy atom. The molecule has 6 nitrogen and oxygen atoms in total. The molecule has 0 aromatic rings. The van der Waals surface area contributed by atoms with Gasteiger partial charge in [0, 0.05) is 20.6 Å². The maximum atomic E-state index is 11.7. The molecule has 0 aromatic heterocycles. The number of carbonyl (C=O) groups excluding carboxylic acids is 2. The Kier molecular flexibility index (Phi) is 5.95. The first-order valence-electron chi connectivity index (χ1n) is 5.52. The number of nitrogens with one attached hydrogen (secondary N) is 2. The molecule has 0 saturated carbocycles. The minimum Gasteiger partial charge on any atom is -0.444 e. The molecule has 0 rings (SSSR count). The van der Waals surface area contributed by atoms with E-state index in [0.29, 0.717) is 6.54 Å². The lowest BCUT2D eigenvalue weighted by Gasteiger charge is -2.24. The second-order valence-electron chi connectivity index (χ2n) is 4.99. The van der Waals surface area contributed by atoms with E-state index < -0.39 is 17.7 Å². The number of nitrogens with zero attached hydrogens (tertiary/aromatic N) is 1. The predicted octanol–water partition coefficient (Wildman–Crippen LogP) is 0.187. The summed E-state index contributed by atoms with van der Waals surface area (Å²) in [5, 5.41) is 5.39. The molecule has 0 fully saturated rings. The van der Waals surface area contributed by atoms with Crippen LogP contribution in [0.15, 0.2) is 0 Å². The normalized spacial score (nSPS) is 12.8. The molecular weight excluding hydrogens is 222 g/mol. The summed E-state index contributed by atoms with van der Waals surface area (Å²) in [6.45, 7) is 5.67. The van der Waals surface area contributed by atoms with Crippen LogP contribution in [0.1, 0.15) is 20.8 Å². The molecule has 1 atom stereocenters. The minimum atomic E-state index is -0.621. The minimum absolute atomic E-state index is 0.176. The third kappa shape index (κ3) is 6.78. The van der Waals surface area contributed by atoms with E-state index in [1.807, 2.05) is 0 Å². The first-order valence-corrected chi connectivity index (χ1v) is 5.52. The lowest BCUT2D eigenvalue weighted by atomic mass is 10.2. The molecule has 100 valence electrons. The van der Waals surface area contributed by atoms with Gasteiger partial charge in [-0.1, -0.05) is 0 Å². The maximum Gasteiger partial charge on any atom is 0.408 e. The lowest BCUT2D eigenvalue weighted by Crippen LogP contribution is -2.51. The third-order valence-corrected chi connectivity index (χ3v) is 1.84. The number of ether oxygens (including phenoxy) is 1. The fourth-order valence-corrected chi connectivity index (χ4v) is 1.17. The van der Waals surface area contributed by atoms with Crippen molar-refractivity contribution in [2.45, 2.75) is 32.4 Å². The average Bonchev–Trinajstić information content (AvgIpc) is 2.12. The largest absolute Gasteiger partial charge is 0.444 e. The van der Waals surface area contributed by atoms with Crippen molar-refractivity contribution >= 4 is 12.0 Å². The van der Waals surface area contributed by atoms with Gasteiger partial charge in [0.2, 0.25) is 5.91 Å². The molecule has 0 heterocycles. The average molecular weight is 245 g/mol. The topological polar surface area (TPSA) is 70.7 Å². The van der Waals surface area contributed by atoms with Crippen LogP contribution in [0.3, 0.4) is 0 Å². The Hall–Kier alpha value is -1.30. The van der Waals surface area contributed by atoms with Crippen molar-refractivity contribution in [3.05, 3.63) is 0 Å². The zero-order valence-electron chi connectivity index (χ0n) is 11.5. The van der Waals surface area contributed by atoms with Crippen molar-refractivity contribution in [3.8, 4) is 0 Å². The summed E-state index contributed by atoms with van der Waals surface area (Å²) in [5.74, 6) is -0.176. The van der Waals surface area contributed by atoms with Crippen molar-refractivity contribution < 1.29 is 14.3 Å². The van der Waals surface area contributed by atoms with Gasteiger partial charge in [-0.25, -0.2) is 4.79 Å². The smallest absolute Gasteiger partial charge is 0.408 e. The van der Waals surface area contributed by atoms with Gasteiger partial charge in [-0.2, -0.15) is 0 Å². The number of carbonyl (C=O) groups is 2. The monoisotopic (exact) mass is 245 g/mol. The first-order chi connectivity index (χ1) is 7.67. The molecule has 17 heavy (non-hydrogen) atoms. The zero-order valence-corrected chi connectivity index (χ0v) is 11.5. The van der Waals surface area contributed by atoms with Gasteiger partial charge in [0.1, 0.15) is 11.6 Å². The molecule has 0 aliphatic heterocycles. The molecule has 2 amide bonds. The second kappa shape index (κ2) is 6.44. The number of alkyl carbamates (subject to hydrolysis) is 1. The van der Waals surface area contributed by atoms with E-state index in [2.05, 4.69) is 10.6 Å². The molecule has 0 aromatic carbocycles. The van der Waals surface area contributed by atoms with Crippen LogP contribution >= 0.6 is 0 Å². The number of hydrogen-bond donors (Lipinski definition) is 2. The highest BCUT2D eigenvalue weighted by Gasteiger charge is 2.24. The van der Waals surface area contributed by atoms with Crippen molar-refractivity contribution in [2.75, 3.05) is 27.7 Å². The highest BCUT2D eigenvalue weighted by atomic mass is 16.6. The SMILES string of the molecule is CNCC(NC(=O)OC(C)(C)C)C(=O)N(C)C. The fraction of sp³-hybridized carbons (Fsp3) is 0.818. The van der Waals surface area contributed by atoms with Crippen molar-refractivity contribution in [1.82, 2.24) is 15.5 Å². The number of hydrogen-bond acceptors (Lipinski definition) is 4. The van der Waals surface area contributed by atoms with Gasteiger partial charge in [-0.3, -0.25) is 4.79 Å². The van der Waals surface area contributed by atoms with E-state index in [1.54, 1.807) is 41.9 Å². The zero-order chi connectivity index (χ0) is 13.6. The van der Waals surface area contributed by atoms with Gasteiger partial charge < -0.3 is 20.3 Å². The summed E-state index contributed by atoms with van der Waals surface area (Å²) < 4.78 is 5.10. The highest BCUT2D eigenvalue weighted by molar-refractivity contribution is 5.85. The van der Waals surface area contributed by atoms with E-state index in [-0.39, 0.29) is 5.91 Å². The van der Waals surface area contributed by atoms with E-state index in [4.69, 9.17) is 4.74 Å². The molecule has 0 spiro atoms. The van der Waals surface area contributed by atoms with Crippen molar-refractivity contribution in [1.29, 1.82) is 0 Å². The molecule has 0 bridgehead atoms. The van der Waals surface area contributed by atoms with Crippen LogP contribution in [0.4, 0.5) is 4.79 Å². The van der Waals surface area contributed by atoms with Crippen LogP contribution in [0.2, 0.25) is 0 Å². The summed E-state index contributed by atoms with van der Waals surface area (Å²) >= 11 is 0. The van der Waals surface area contributed by atoms with Gasteiger partial charge in [0.25, 0.3) is 0 Å².